The number of aliphatic carboxylic acids is 2. The summed E-state index contributed by atoms with van der Waals surface area (Å²) in [5.74, 6) is -2.92. The molecule has 0 bridgehead atoms. The minimum absolute atomic E-state index is 0.0151. The molecular formula is C14H9NO7. The second kappa shape index (κ2) is 5.92. The highest BCUT2D eigenvalue weighted by molar-refractivity contribution is 6.16. The van der Waals surface area contributed by atoms with Gasteiger partial charge in [-0.2, -0.15) is 0 Å². The lowest BCUT2D eigenvalue weighted by atomic mass is 10.1. The number of nitro groups is 1. The van der Waals surface area contributed by atoms with Gasteiger partial charge in [0.2, 0.25) is 0 Å². The summed E-state index contributed by atoms with van der Waals surface area (Å²) in [6, 6.07) is 8.51. The number of carboxylic acids is 2. The van der Waals surface area contributed by atoms with Crippen LogP contribution in [0.15, 0.2) is 46.4 Å². The fourth-order valence-electron chi connectivity index (χ4n) is 1.72. The van der Waals surface area contributed by atoms with Crippen molar-refractivity contribution in [3.63, 3.8) is 0 Å². The van der Waals surface area contributed by atoms with E-state index in [-0.39, 0.29) is 17.2 Å². The van der Waals surface area contributed by atoms with Crippen LogP contribution in [0, 0.1) is 10.1 Å². The molecule has 2 N–H and O–H groups in total. The molecule has 0 aliphatic heterocycles. The van der Waals surface area contributed by atoms with Crippen molar-refractivity contribution in [1.29, 1.82) is 0 Å². The summed E-state index contributed by atoms with van der Waals surface area (Å²) in [6.07, 6.45) is 0.867. The van der Waals surface area contributed by atoms with Crippen molar-refractivity contribution in [3.05, 3.63) is 57.8 Å². The maximum absolute atomic E-state index is 10.8. The van der Waals surface area contributed by atoms with Gasteiger partial charge in [0.05, 0.1) is 4.92 Å². The van der Waals surface area contributed by atoms with Gasteiger partial charge in [0.25, 0.3) is 5.69 Å². The van der Waals surface area contributed by atoms with Gasteiger partial charge in [0.15, 0.2) is 0 Å². The van der Waals surface area contributed by atoms with Gasteiger partial charge < -0.3 is 14.6 Å². The molecule has 0 radical (unpaired) electrons. The number of hydrogen-bond acceptors (Lipinski definition) is 5. The Hall–Kier alpha value is -3.42. The highest BCUT2D eigenvalue weighted by Gasteiger charge is 2.17. The molecule has 1 heterocycles. The van der Waals surface area contributed by atoms with Crippen molar-refractivity contribution in [2.75, 3.05) is 0 Å². The lowest BCUT2D eigenvalue weighted by molar-refractivity contribution is -0.384. The van der Waals surface area contributed by atoms with E-state index in [1.807, 2.05) is 0 Å². The zero-order valence-corrected chi connectivity index (χ0v) is 10.9. The summed E-state index contributed by atoms with van der Waals surface area (Å²) in [7, 11) is 0. The van der Waals surface area contributed by atoms with E-state index in [0.717, 1.165) is 6.08 Å². The van der Waals surface area contributed by atoms with E-state index < -0.39 is 22.4 Å². The fourth-order valence-corrected chi connectivity index (χ4v) is 1.72. The van der Waals surface area contributed by atoms with Crippen LogP contribution in [0.2, 0.25) is 0 Å². The monoisotopic (exact) mass is 303 g/mol. The largest absolute Gasteiger partial charge is 0.477 e. The highest BCUT2D eigenvalue weighted by atomic mass is 16.6. The fraction of sp³-hybridized carbons (Fsp3) is 0. The standard InChI is InChI=1S/C14H9NO7/c16-13(17)11(14(18)19)7-10-4-5-12(22-10)8-2-1-3-9(6-8)15(20)21/h1-7H,(H,16,17)(H,18,19). The first-order chi connectivity index (χ1) is 10.4. The van der Waals surface area contributed by atoms with Gasteiger partial charge in [-0.15, -0.1) is 0 Å². The van der Waals surface area contributed by atoms with Crippen LogP contribution in [0.5, 0.6) is 0 Å². The number of benzene rings is 1. The summed E-state index contributed by atoms with van der Waals surface area (Å²) < 4.78 is 5.31. The SMILES string of the molecule is O=C(O)C(=Cc1ccc(-c2cccc([N+](=O)[O-])c2)o1)C(=O)O. The zero-order valence-electron chi connectivity index (χ0n) is 10.9. The van der Waals surface area contributed by atoms with Crippen molar-refractivity contribution in [1.82, 2.24) is 0 Å². The molecule has 112 valence electrons. The third-order valence-corrected chi connectivity index (χ3v) is 2.72. The molecule has 0 atom stereocenters. The molecule has 0 saturated carbocycles. The second-order valence-electron chi connectivity index (χ2n) is 4.18. The van der Waals surface area contributed by atoms with Crippen LogP contribution in [-0.4, -0.2) is 27.1 Å². The number of nitro benzene ring substituents is 1. The molecule has 0 aliphatic rings. The van der Waals surface area contributed by atoms with E-state index in [1.54, 1.807) is 6.07 Å². The van der Waals surface area contributed by atoms with Gasteiger partial charge in [-0.1, -0.05) is 12.1 Å². The minimum Gasteiger partial charge on any atom is -0.477 e. The van der Waals surface area contributed by atoms with E-state index in [0.29, 0.717) is 5.56 Å². The first kappa shape index (κ1) is 15.0. The maximum Gasteiger partial charge on any atom is 0.343 e. The molecule has 2 aromatic rings. The molecule has 8 heteroatoms. The van der Waals surface area contributed by atoms with E-state index in [1.165, 1.54) is 30.3 Å². The van der Waals surface area contributed by atoms with Gasteiger partial charge in [-0.05, 0) is 12.1 Å². The number of hydrogen-bond donors (Lipinski definition) is 2. The molecular weight excluding hydrogens is 294 g/mol. The molecule has 1 aromatic carbocycles. The molecule has 0 aliphatic carbocycles. The molecule has 0 spiro atoms. The average molecular weight is 303 g/mol. The minimum atomic E-state index is -1.60. The van der Waals surface area contributed by atoms with E-state index in [9.17, 15) is 19.7 Å². The summed E-state index contributed by atoms with van der Waals surface area (Å²) in [5.41, 5.74) is -0.552. The number of rotatable bonds is 5. The van der Waals surface area contributed by atoms with Crippen LogP contribution in [0.1, 0.15) is 5.76 Å². The number of carbonyl (C=O) groups is 2. The molecule has 0 saturated heterocycles. The number of nitrogens with zero attached hydrogens (tertiary/aromatic N) is 1. The molecule has 1 aromatic heterocycles. The molecule has 0 unspecified atom stereocenters. The molecule has 22 heavy (non-hydrogen) atoms. The quantitative estimate of drug-likeness (QED) is 0.285. The Kier molecular flexibility index (Phi) is 4.03. The Morgan fingerprint density at radius 3 is 2.41 bits per heavy atom. The topological polar surface area (TPSA) is 131 Å². The van der Waals surface area contributed by atoms with Crippen LogP contribution in [0.4, 0.5) is 5.69 Å². The Labute approximate surface area is 123 Å². The summed E-state index contributed by atoms with van der Waals surface area (Å²) >= 11 is 0. The van der Waals surface area contributed by atoms with Crippen LogP contribution in [0.3, 0.4) is 0 Å². The van der Waals surface area contributed by atoms with Crippen LogP contribution >= 0.6 is 0 Å². The van der Waals surface area contributed by atoms with Crippen molar-refractivity contribution < 1.29 is 29.1 Å². The van der Waals surface area contributed by atoms with Gasteiger partial charge in [-0.25, -0.2) is 9.59 Å². The summed E-state index contributed by atoms with van der Waals surface area (Å²) in [4.78, 5) is 31.7. The van der Waals surface area contributed by atoms with Gasteiger partial charge >= 0.3 is 11.9 Å². The van der Waals surface area contributed by atoms with Gasteiger partial charge in [0, 0.05) is 23.8 Å². The molecule has 2 rings (SSSR count). The summed E-state index contributed by atoms with van der Waals surface area (Å²) in [6.45, 7) is 0. The third kappa shape index (κ3) is 3.18. The van der Waals surface area contributed by atoms with Crippen LogP contribution < -0.4 is 0 Å². The van der Waals surface area contributed by atoms with Gasteiger partial charge in [0.1, 0.15) is 17.1 Å². The summed E-state index contributed by atoms with van der Waals surface area (Å²) in [5, 5.41) is 28.2. The maximum atomic E-state index is 10.8. The van der Waals surface area contributed by atoms with Crippen molar-refractivity contribution in [2.24, 2.45) is 0 Å². The van der Waals surface area contributed by atoms with Crippen molar-refractivity contribution in [3.8, 4) is 11.3 Å². The van der Waals surface area contributed by atoms with Crippen molar-refractivity contribution >= 4 is 23.7 Å². The van der Waals surface area contributed by atoms with Crippen molar-refractivity contribution in [2.45, 2.75) is 0 Å². The van der Waals surface area contributed by atoms with Gasteiger partial charge in [-0.3, -0.25) is 10.1 Å². The lowest BCUT2D eigenvalue weighted by Crippen LogP contribution is -2.10. The third-order valence-electron chi connectivity index (χ3n) is 2.72. The number of carboxylic acid groups (broad SMARTS) is 2. The Morgan fingerprint density at radius 1 is 1.14 bits per heavy atom. The zero-order chi connectivity index (χ0) is 16.3. The number of furan rings is 1. The smallest absolute Gasteiger partial charge is 0.343 e. The number of non-ortho nitro benzene ring substituents is 1. The highest BCUT2D eigenvalue weighted by Crippen LogP contribution is 2.26. The second-order valence-corrected chi connectivity index (χ2v) is 4.18. The average Bonchev–Trinajstić information content (AvgIpc) is 2.93. The van der Waals surface area contributed by atoms with Crippen LogP contribution in [0.25, 0.3) is 17.4 Å². The van der Waals surface area contributed by atoms with E-state index in [4.69, 9.17) is 14.6 Å². The first-order valence-electron chi connectivity index (χ1n) is 5.91. The Bertz CT molecular complexity index is 772. The first-order valence-corrected chi connectivity index (χ1v) is 5.91. The molecule has 0 fully saturated rings. The predicted molar refractivity (Wildman–Crippen MR) is 74.0 cm³/mol. The Morgan fingerprint density at radius 2 is 1.82 bits per heavy atom. The lowest BCUT2D eigenvalue weighted by Gasteiger charge is -1.97. The normalized spacial score (nSPS) is 10.0. The molecule has 0 amide bonds. The van der Waals surface area contributed by atoms with E-state index >= 15 is 0 Å². The molecule has 8 nitrogen and oxygen atoms in total. The van der Waals surface area contributed by atoms with Crippen LogP contribution in [-0.2, 0) is 9.59 Å². The Balaban J connectivity index is 2.38. The predicted octanol–water partition coefficient (Wildman–Crippen LogP) is 2.41. The van der Waals surface area contributed by atoms with E-state index in [2.05, 4.69) is 0 Å².